The Morgan fingerprint density at radius 1 is 0.875 bits per heavy atom. The lowest BCUT2D eigenvalue weighted by atomic mass is 9.82. The van der Waals surface area contributed by atoms with Gasteiger partial charge in [0.15, 0.2) is 11.6 Å². The minimum absolute atomic E-state index is 0.0408. The van der Waals surface area contributed by atoms with E-state index < -0.39 is 21.2 Å². The maximum absolute atomic E-state index is 12.9. The molecule has 3 aromatic rings. The molecule has 0 bridgehead atoms. The van der Waals surface area contributed by atoms with Gasteiger partial charge in [0.1, 0.15) is 5.69 Å². The molecular formula is C21H13N5O6. The van der Waals surface area contributed by atoms with Gasteiger partial charge in [-0.05, 0) is 12.1 Å². The highest BCUT2D eigenvalue weighted by atomic mass is 16.6. The third-order valence-electron chi connectivity index (χ3n) is 4.94. The lowest BCUT2D eigenvalue weighted by Gasteiger charge is -2.19. The Balaban J connectivity index is 1.66. The SMILES string of the molecule is Nc1c(/C=N\Nc2ccc([N+](=O)[O-])cc2[N+](=O)[O-])ccc2c1C(=O)c1ccccc1C2=O. The molecule has 3 aromatic carbocycles. The number of non-ortho nitro benzene ring substituents is 1. The van der Waals surface area contributed by atoms with Gasteiger partial charge in [-0.15, -0.1) is 0 Å². The Morgan fingerprint density at radius 3 is 2.22 bits per heavy atom. The fourth-order valence-electron chi connectivity index (χ4n) is 3.39. The molecule has 3 N–H and O–H groups in total. The number of carbonyl (C=O) groups excluding carboxylic acids is 2. The molecule has 0 aromatic heterocycles. The van der Waals surface area contributed by atoms with Crippen LogP contribution in [-0.4, -0.2) is 27.6 Å². The highest BCUT2D eigenvalue weighted by Crippen LogP contribution is 2.32. The fraction of sp³-hybridized carbons (Fsp3) is 0. The Bertz CT molecular complexity index is 1360. The Labute approximate surface area is 179 Å². The number of hydrogen-bond donors (Lipinski definition) is 2. The summed E-state index contributed by atoms with van der Waals surface area (Å²) in [5.74, 6) is -0.702. The number of carbonyl (C=O) groups is 2. The predicted molar refractivity (Wildman–Crippen MR) is 115 cm³/mol. The minimum atomic E-state index is -0.778. The molecule has 0 radical (unpaired) electrons. The zero-order valence-electron chi connectivity index (χ0n) is 16.1. The van der Waals surface area contributed by atoms with E-state index in [0.29, 0.717) is 11.1 Å². The monoisotopic (exact) mass is 431 g/mol. The van der Waals surface area contributed by atoms with Gasteiger partial charge in [-0.3, -0.25) is 35.2 Å². The van der Waals surface area contributed by atoms with E-state index in [2.05, 4.69) is 10.5 Å². The molecule has 158 valence electrons. The van der Waals surface area contributed by atoms with Crippen molar-refractivity contribution in [2.45, 2.75) is 0 Å². The topological polar surface area (TPSA) is 171 Å². The third-order valence-corrected chi connectivity index (χ3v) is 4.94. The van der Waals surface area contributed by atoms with E-state index in [-0.39, 0.29) is 39.6 Å². The number of anilines is 2. The minimum Gasteiger partial charge on any atom is -0.398 e. The number of nitrogens with two attached hydrogens (primary N) is 1. The molecule has 11 heteroatoms. The molecule has 1 aliphatic rings. The lowest BCUT2D eigenvalue weighted by Crippen LogP contribution is -2.23. The van der Waals surface area contributed by atoms with E-state index in [1.54, 1.807) is 24.3 Å². The van der Waals surface area contributed by atoms with Crippen molar-refractivity contribution >= 4 is 40.5 Å². The number of hydrogen-bond acceptors (Lipinski definition) is 9. The first kappa shape index (κ1) is 20.3. The second-order valence-electron chi connectivity index (χ2n) is 6.78. The molecule has 0 fully saturated rings. The molecule has 0 aliphatic heterocycles. The summed E-state index contributed by atoms with van der Waals surface area (Å²) in [5, 5.41) is 26.0. The van der Waals surface area contributed by atoms with E-state index >= 15 is 0 Å². The average Bonchev–Trinajstić information content (AvgIpc) is 2.78. The number of rotatable bonds is 5. The summed E-state index contributed by atoms with van der Waals surface area (Å²) in [4.78, 5) is 46.2. The maximum atomic E-state index is 12.9. The first-order valence-corrected chi connectivity index (χ1v) is 9.12. The van der Waals surface area contributed by atoms with E-state index in [1.807, 2.05) is 0 Å². The standard InChI is InChI=1S/C21H13N5O6/c22-19-11(10-23-24-16-8-6-12(25(29)30)9-17(16)26(31)32)5-7-15-18(19)21(28)14-4-2-1-3-13(14)20(15)27/h1-10,24H,22H2/b23-10-. The van der Waals surface area contributed by atoms with Crippen LogP contribution in [-0.2, 0) is 0 Å². The molecule has 0 saturated heterocycles. The molecule has 0 unspecified atom stereocenters. The molecule has 0 saturated carbocycles. The molecule has 4 rings (SSSR count). The second kappa shape index (κ2) is 7.72. The largest absolute Gasteiger partial charge is 0.398 e. The quantitative estimate of drug-likeness (QED) is 0.210. The van der Waals surface area contributed by atoms with Crippen LogP contribution in [0.1, 0.15) is 37.4 Å². The smallest absolute Gasteiger partial charge is 0.301 e. The number of hydrazone groups is 1. The van der Waals surface area contributed by atoms with E-state index in [9.17, 15) is 29.8 Å². The van der Waals surface area contributed by atoms with Gasteiger partial charge < -0.3 is 5.73 Å². The van der Waals surface area contributed by atoms with Crippen molar-refractivity contribution in [3.63, 3.8) is 0 Å². The van der Waals surface area contributed by atoms with Crippen molar-refractivity contribution in [3.05, 3.63) is 103 Å². The van der Waals surface area contributed by atoms with E-state index in [0.717, 1.165) is 18.2 Å². The van der Waals surface area contributed by atoms with E-state index in [4.69, 9.17) is 5.73 Å². The number of benzene rings is 3. The fourth-order valence-corrected chi connectivity index (χ4v) is 3.39. The number of fused-ring (bicyclic) bond motifs is 2. The summed E-state index contributed by atoms with van der Waals surface area (Å²) in [7, 11) is 0. The Morgan fingerprint density at radius 2 is 1.56 bits per heavy atom. The van der Waals surface area contributed by atoms with Crippen LogP contribution < -0.4 is 11.2 Å². The predicted octanol–water partition coefficient (Wildman–Crippen LogP) is 3.31. The molecule has 32 heavy (non-hydrogen) atoms. The van der Waals surface area contributed by atoms with Crippen LogP contribution in [0.4, 0.5) is 22.7 Å². The van der Waals surface area contributed by atoms with Gasteiger partial charge in [0, 0.05) is 28.3 Å². The summed E-state index contributed by atoms with van der Waals surface area (Å²) >= 11 is 0. The summed E-state index contributed by atoms with van der Waals surface area (Å²) in [6.45, 7) is 0. The number of nitrogen functional groups attached to an aromatic ring is 1. The number of nitrogens with zero attached hydrogens (tertiary/aromatic N) is 3. The van der Waals surface area contributed by atoms with Gasteiger partial charge in [-0.25, -0.2) is 0 Å². The van der Waals surface area contributed by atoms with Gasteiger partial charge >= 0.3 is 5.69 Å². The Kier molecular flexibility index (Phi) is 4.91. The number of nitro groups is 2. The van der Waals surface area contributed by atoms with Crippen molar-refractivity contribution in [1.29, 1.82) is 0 Å². The molecule has 0 heterocycles. The molecule has 1 aliphatic carbocycles. The van der Waals surface area contributed by atoms with Gasteiger partial charge in [0.2, 0.25) is 0 Å². The van der Waals surface area contributed by atoms with Crippen molar-refractivity contribution in [3.8, 4) is 0 Å². The molecule has 11 nitrogen and oxygen atoms in total. The highest BCUT2D eigenvalue weighted by Gasteiger charge is 2.31. The van der Waals surface area contributed by atoms with Crippen LogP contribution >= 0.6 is 0 Å². The van der Waals surface area contributed by atoms with Gasteiger partial charge in [-0.1, -0.05) is 30.3 Å². The van der Waals surface area contributed by atoms with Crippen molar-refractivity contribution < 1.29 is 19.4 Å². The van der Waals surface area contributed by atoms with Crippen LogP contribution in [0, 0.1) is 20.2 Å². The van der Waals surface area contributed by atoms with Crippen molar-refractivity contribution in [2.24, 2.45) is 5.10 Å². The number of ketones is 2. The van der Waals surface area contributed by atoms with Gasteiger partial charge in [0.05, 0.1) is 33.4 Å². The lowest BCUT2D eigenvalue weighted by molar-refractivity contribution is -0.393. The van der Waals surface area contributed by atoms with Crippen molar-refractivity contribution in [1.82, 2.24) is 0 Å². The van der Waals surface area contributed by atoms with E-state index in [1.165, 1.54) is 18.3 Å². The van der Waals surface area contributed by atoms with Crippen LogP contribution in [0.3, 0.4) is 0 Å². The third kappa shape index (κ3) is 3.33. The normalized spacial score (nSPS) is 12.4. The van der Waals surface area contributed by atoms with Crippen LogP contribution in [0.2, 0.25) is 0 Å². The van der Waals surface area contributed by atoms with Crippen LogP contribution in [0.5, 0.6) is 0 Å². The first-order chi connectivity index (χ1) is 15.3. The summed E-state index contributed by atoms with van der Waals surface area (Å²) in [6, 6.07) is 12.5. The molecule has 0 atom stereocenters. The summed E-state index contributed by atoms with van der Waals surface area (Å²) in [5.41, 5.74) is 8.71. The van der Waals surface area contributed by atoms with Gasteiger partial charge in [0.25, 0.3) is 5.69 Å². The molecular weight excluding hydrogens is 418 g/mol. The number of nitro benzene ring substituents is 2. The van der Waals surface area contributed by atoms with Crippen molar-refractivity contribution in [2.75, 3.05) is 11.2 Å². The summed E-state index contributed by atoms with van der Waals surface area (Å²) < 4.78 is 0. The molecule has 0 spiro atoms. The zero-order chi connectivity index (χ0) is 23.0. The maximum Gasteiger partial charge on any atom is 0.301 e. The zero-order valence-corrected chi connectivity index (χ0v) is 16.1. The highest BCUT2D eigenvalue weighted by molar-refractivity contribution is 6.30. The second-order valence-corrected chi connectivity index (χ2v) is 6.78. The average molecular weight is 431 g/mol. The van der Waals surface area contributed by atoms with Crippen LogP contribution in [0.25, 0.3) is 0 Å². The summed E-state index contributed by atoms with van der Waals surface area (Å²) in [6.07, 6.45) is 1.24. The number of nitrogens with one attached hydrogen (secondary N) is 1. The Hall–Kier alpha value is -4.93. The first-order valence-electron chi connectivity index (χ1n) is 9.12. The molecule has 0 amide bonds. The van der Waals surface area contributed by atoms with Crippen LogP contribution in [0.15, 0.2) is 59.7 Å². The van der Waals surface area contributed by atoms with Gasteiger partial charge in [-0.2, -0.15) is 5.10 Å².